The van der Waals surface area contributed by atoms with Crippen LogP contribution in [-0.4, -0.2) is 24.5 Å². The van der Waals surface area contributed by atoms with Crippen LogP contribution < -0.4 is 0 Å². The van der Waals surface area contributed by atoms with Crippen LogP contribution in [0.3, 0.4) is 0 Å². The van der Waals surface area contributed by atoms with Crippen LogP contribution in [-0.2, 0) is 0 Å². The number of nitrogens with zero attached hydrogens (tertiary/aromatic N) is 4. The Morgan fingerprint density at radius 2 is 1.76 bits per heavy atom. The number of aromatic amines is 1. The lowest BCUT2D eigenvalue weighted by Gasteiger charge is -2.09. The number of aryl methyl sites for hydroxylation is 1. The first-order chi connectivity index (χ1) is 14.2. The normalized spacial score (nSPS) is 11.8. The third kappa shape index (κ3) is 2.26. The standard InChI is InChI=1S/C23H16FN5/c1-14-5-8-20-15(11-14)12-26-28(20)21-3-2-4-22-17(21)13-27-29(22)23-16-9-10-25-19(16)7-6-18(23)24/h2-13,25H,1H3. The second-order valence-corrected chi connectivity index (χ2v) is 7.22. The zero-order valence-electron chi connectivity index (χ0n) is 15.6. The smallest absolute Gasteiger partial charge is 0.149 e. The van der Waals surface area contributed by atoms with Crippen molar-refractivity contribution in [3.05, 3.63) is 84.6 Å². The van der Waals surface area contributed by atoms with E-state index in [1.54, 1.807) is 16.9 Å². The van der Waals surface area contributed by atoms with Crippen LogP contribution in [0.5, 0.6) is 0 Å². The molecule has 29 heavy (non-hydrogen) atoms. The highest BCUT2D eigenvalue weighted by Gasteiger charge is 2.17. The minimum absolute atomic E-state index is 0.312. The van der Waals surface area contributed by atoms with Gasteiger partial charge in [0, 0.05) is 27.9 Å². The molecule has 0 aliphatic rings. The molecule has 0 aliphatic carbocycles. The lowest BCUT2D eigenvalue weighted by molar-refractivity contribution is 0.616. The summed E-state index contributed by atoms with van der Waals surface area (Å²) in [5.74, 6) is -0.312. The molecule has 1 N–H and O–H groups in total. The SMILES string of the molecule is Cc1ccc2c(cnn2-c2cccc3c2cnn3-c2c(F)ccc3[nH]ccc23)c1. The van der Waals surface area contributed by atoms with Crippen molar-refractivity contribution in [2.24, 2.45) is 0 Å². The molecule has 0 atom stereocenters. The second-order valence-electron chi connectivity index (χ2n) is 7.22. The summed E-state index contributed by atoms with van der Waals surface area (Å²) in [6.07, 6.45) is 5.45. The Labute approximate surface area is 165 Å². The molecule has 6 heteroatoms. The van der Waals surface area contributed by atoms with Crippen LogP contribution >= 0.6 is 0 Å². The summed E-state index contributed by atoms with van der Waals surface area (Å²) >= 11 is 0. The summed E-state index contributed by atoms with van der Waals surface area (Å²) in [7, 11) is 0. The number of rotatable bonds is 2. The monoisotopic (exact) mass is 381 g/mol. The van der Waals surface area contributed by atoms with E-state index in [2.05, 4.69) is 40.3 Å². The molecule has 0 saturated heterocycles. The van der Waals surface area contributed by atoms with Crippen molar-refractivity contribution in [3.8, 4) is 11.4 Å². The zero-order chi connectivity index (χ0) is 19.5. The van der Waals surface area contributed by atoms with Crippen molar-refractivity contribution in [2.45, 2.75) is 6.92 Å². The fourth-order valence-corrected chi connectivity index (χ4v) is 4.05. The molecule has 0 bridgehead atoms. The molecule has 3 heterocycles. The number of hydrogen-bond donors (Lipinski definition) is 1. The minimum atomic E-state index is -0.312. The molecule has 0 spiro atoms. The molecule has 3 aromatic carbocycles. The van der Waals surface area contributed by atoms with Gasteiger partial charge >= 0.3 is 0 Å². The summed E-state index contributed by atoms with van der Waals surface area (Å²) in [4.78, 5) is 3.13. The van der Waals surface area contributed by atoms with Crippen molar-refractivity contribution >= 4 is 32.7 Å². The van der Waals surface area contributed by atoms with Crippen LogP contribution in [0.15, 0.2) is 73.2 Å². The highest BCUT2D eigenvalue weighted by Crippen LogP contribution is 2.31. The van der Waals surface area contributed by atoms with Gasteiger partial charge in [-0.25, -0.2) is 13.8 Å². The van der Waals surface area contributed by atoms with Crippen molar-refractivity contribution < 1.29 is 4.39 Å². The maximum atomic E-state index is 14.8. The molecule has 140 valence electrons. The highest BCUT2D eigenvalue weighted by atomic mass is 19.1. The molecule has 0 fully saturated rings. The number of aromatic nitrogens is 5. The molecule has 0 aliphatic heterocycles. The predicted molar refractivity (Wildman–Crippen MR) is 112 cm³/mol. The lowest BCUT2D eigenvalue weighted by atomic mass is 10.1. The van der Waals surface area contributed by atoms with Crippen LogP contribution in [0.1, 0.15) is 5.56 Å². The van der Waals surface area contributed by atoms with Gasteiger partial charge in [-0.2, -0.15) is 10.2 Å². The van der Waals surface area contributed by atoms with Gasteiger partial charge in [-0.1, -0.05) is 17.7 Å². The van der Waals surface area contributed by atoms with Crippen molar-refractivity contribution in [2.75, 3.05) is 0 Å². The average Bonchev–Trinajstić information content (AvgIpc) is 3.45. The maximum absolute atomic E-state index is 14.8. The third-order valence-corrected chi connectivity index (χ3v) is 5.41. The summed E-state index contributed by atoms with van der Waals surface area (Å²) < 4.78 is 18.4. The number of benzene rings is 3. The first-order valence-electron chi connectivity index (χ1n) is 9.38. The first-order valence-corrected chi connectivity index (χ1v) is 9.38. The Morgan fingerprint density at radius 1 is 0.862 bits per heavy atom. The van der Waals surface area contributed by atoms with Gasteiger partial charge in [0.2, 0.25) is 0 Å². The van der Waals surface area contributed by atoms with Crippen LogP contribution in [0.2, 0.25) is 0 Å². The van der Waals surface area contributed by atoms with Crippen molar-refractivity contribution in [1.82, 2.24) is 24.5 Å². The molecule has 0 saturated carbocycles. The van der Waals surface area contributed by atoms with Gasteiger partial charge in [0.25, 0.3) is 0 Å². The van der Waals surface area contributed by atoms with E-state index in [0.29, 0.717) is 5.69 Å². The van der Waals surface area contributed by atoms with Crippen LogP contribution in [0, 0.1) is 12.7 Å². The van der Waals surface area contributed by atoms with E-state index in [9.17, 15) is 4.39 Å². The molecule has 5 nitrogen and oxygen atoms in total. The van der Waals surface area contributed by atoms with Gasteiger partial charge in [-0.3, -0.25) is 0 Å². The molecular weight excluding hydrogens is 365 g/mol. The molecule has 3 aromatic heterocycles. The van der Waals surface area contributed by atoms with Gasteiger partial charge in [-0.05, 0) is 49.4 Å². The summed E-state index contributed by atoms with van der Waals surface area (Å²) in [6.45, 7) is 2.07. The number of hydrogen-bond acceptors (Lipinski definition) is 2. The van der Waals surface area contributed by atoms with Crippen LogP contribution in [0.4, 0.5) is 4.39 Å². The molecule has 6 rings (SSSR count). The Kier molecular flexibility index (Phi) is 3.20. The highest BCUT2D eigenvalue weighted by molar-refractivity contribution is 5.94. The Morgan fingerprint density at radius 3 is 2.69 bits per heavy atom. The molecule has 0 amide bonds. The van der Waals surface area contributed by atoms with E-state index >= 15 is 0 Å². The average molecular weight is 381 g/mol. The Hall–Kier alpha value is -3.93. The predicted octanol–water partition coefficient (Wildman–Crippen LogP) is 5.29. The Bertz CT molecular complexity index is 1540. The number of fused-ring (bicyclic) bond motifs is 3. The quantitative estimate of drug-likeness (QED) is 0.443. The number of nitrogens with one attached hydrogen (secondary N) is 1. The Balaban J connectivity index is 1.63. The van der Waals surface area contributed by atoms with E-state index in [0.717, 1.165) is 38.4 Å². The van der Waals surface area contributed by atoms with E-state index in [-0.39, 0.29) is 5.82 Å². The van der Waals surface area contributed by atoms with Crippen molar-refractivity contribution in [3.63, 3.8) is 0 Å². The number of H-pyrrole nitrogens is 1. The van der Waals surface area contributed by atoms with Crippen LogP contribution in [0.25, 0.3) is 44.1 Å². The van der Waals surface area contributed by atoms with E-state index in [4.69, 9.17) is 0 Å². The lowest BCUT2D eigenvalue weighted by Crippen LogP contribution is -2.01. The summed E-state index contributed by atoms with van der Waals surface area (Å²) in [5, 5.41) is 11.9. The van der Waals surface area contributed by atoms with Crippen molar-refractivity contribution in [1.29, 1.82) is 0 Å². The summed E-state index contributed by atoms with van der Waals surface area (Å²) in [5.41, 5.74) is 5.26. The molecular formula is C23H16FN5. The second kappa shape index (κ2) is 5.78. The van der Waals surface area contributed by atoms with Gasteiger partial charge in [0.15, 0.2) is 0 Å². The number of halogens is 1. The van der Waals surface area contributed by atoms with E-state index in [1.165, 1.54) is 11.6 Å². The van der Waals surface area contributed by atoms with Gasteiger partial charge < -0.3 is 4.98 Å². The third-order valence-electron chi connectivity index (χ3n) is 5.41. The summed E-state index contributed by atoms with van der Waals surface area (Å²) in [6, 6.07) is 17.2. The molecule has 0 unspecified atom stereocenters. The van der Waals surface area contributed by atoms with Gasteiger partial charge in [0.1, 0.15) is 11.5 Å². The molecule has 6 aromatic rings. The van der Waals surface area contributed by atoms with Gasteiger partial charge in [-0.15, -0.1) is 0 Å². The maximum Gasteiger partial charge on any atom is 0.149 e. The van der Waals surface area contributed by atoms with E-state index < -0.39 is 0 Å². The zero-order valence-corrected chi connectivity index (χ0v) is 15.6. The van der Waals surface area contributed by atoms with Gasteiger partial charge in [0.05, 0.1) is 29.1 Å². The first kappa shape index (κ1) is 16.1. The fraction of sp³-hybridized carbons (Fsp3) is 0.0435. The van der Waals surface area contributed by atoms with E-state index in [1.807, 2.05) is 41.3 Å². The largest absolute Gasteiger partial charge is 0.361 e. The fourth-order valence-electron chi connectivity index (χ4n) is 4.05. The molecule has 0 radical (unpaired) electrons. The topological polar surface area (TPSA) is 51.4 Å². The minimum Gasteiger partial charge on any atom is -0.361 e.